The highest BCUT2D eigenvalue weighted by atomic mass is 16.4. The molecule has 0 radical (unpaired) electrons. The van der Waals surface area contributed by atoms with Crippen LogP contribution in [0.15, 0.2) is 22.9 Å². The van der Waals surface area contributed by atoms with Gasteiger partial charge in [-0.1, -0.05) is 0 Å². The average molecular weight is 360 g/mol. The zero-order valence-electron chi connectivity index (χ0n) is 14.6. The number of carbonyl (C=O) groups excluding carboxylic acids is 2. The Hall–Kier alpha value is -2.19. The van der Waals surface area contributed by atoms with Crippen LogP contribution in [0, 0.1) is 0 Å². The molecule has 0 spiro atoms. The second kappa shape index (κ2) is 6.51. The molecule has 4 aliphatic rings. The third kappa shape index (κ3) is 2.64. The second-order valence-electron chi connectivity index (χ2n) is 7.44. The number of nitrogens with zero attached hydrogens (tertiary/aromatic N) is 2. The van der Waals surface area contributed by atoms with Gasteiger partial charge < -0.3 is 21.1 Å². The SMILES string of the molecule is N[C@@H]1C(=O)N2C(C(=O)O)=C(C=C3CCN(C4CCCNC4)C3=O)CC[C@H]12. The Morgan fingerprint density at radius 2 is 2.08 bits per heavy atom. The van der Waals surface area contributed by atoms with Gasteiger partial charge in [-0.15, -0.1) is 0 Å². The van der Waals surface area contributed by atoms with Gasteiger partial charge in [-0.05, 0) is 50.3 Å². The van der Waals surface area contributed by atoms with Crippen LogP contribution in [0.25, 0.3) is 0 Å². The summed E-state index contributed by atoms with van der Waals surface area (Å²) in [6, 6.07) is -0.637. The number of carboxylic acid groups (broad SMARTS) is 1. The molecule has 3 atom stereocenters. The van der Waals surface area contributed by atoms with Gasteiger partial charge in [0.1, 0.15) is 11.7 Å². The molecule has 0 aliphatic carbocycles. The minimum Gasteiger partial charge on any atom is -0.477 e. The van der Waals surface area contributed by atoms with Crippen LogP contribution in [-0.2, 0) is 14.4 Å². The van der Waals surface area contributed by atoms with E-state index in [1.165, 1.54) is 4.90 Å². The van der Waals surface area contributed by atoms with Crippen molar-refractivity contribution in [2.75, 3.05) is 19.6 Å². The first-order valence-corrected chi connectivity index (χ1v) is 9.26. The van der Waals surface area contributed by atoms with Crippen molar-refractivity contribution in [2.45, 2.75) is 50.2 Å². The molecule has 0 aromatic carbocycles. The third-order valence-electron chi connectivity index (χ3n) is 5.94. The minimum absolute atomic E-state index is 0.00830. The van der Waals surface area contributed by atoms with Crippen molar-refractivity contribution < 1.29 is 19.5 Å². The van der Waals surface area contributed by atoms with Crippen molar-refractivity contribution in [3.05, 3.63) is 22.9 Å². The summed E-state index contributed by atoms with van der Waals surface area (Å²) in [5.74, 6) is -1.50. The predicted octanol–water partition coefficient (Wildman–Crippen LogP) is -0.432. The standard InChI is InChI=1S/C18H24N4O4/c19-14-13-4-3-10(15(18(25)26)22(13)17(14)24)8-11-5-7-21(16(11)23)12-2-1-6-20-9-12/h8,12-14,20H,1-7,9,19H2,(H,25,26)/t12?,13-,14+/m1/s1. The highest BCUT2D eigenvalue weighted by molar-refractivity contribution is 6.01. The van der Waals surface area contributed by atoms with Crippen molar-refractivity contribution in [1.29, 1.82) is 0 Å². The Bertz CT molecular complexity index is 723. The lowest BCUT2D eigenvalue weighted by molar-refractivity contribution is -0.152. The summed E-state index contributed by atoms with van der Waals surface area (Å²) >= 11 is 0. The molecule has 4 N–H and O–H groups in total. The molecule has 1 unspecified atom stereocenters. The van der Waals surface area contributed by atoms with Gasteiger partial charge in [0.05, 0.1) is 6.04 Å². The molecular weight excluding hydrogens is 336 g/mol. The van der Waals surface area contributed by atoms with E-state index in [9.17, 15) is 19.5 Å². The molecule has 3 fully saturated rings. The highest BCUT2D eigenvalue weighted by Gasteiger charge is 2.50. The zero-order valence-corrected chi connectivity index (χ0v) is 14.6. The van der Waals surface area contributed by atoms with Crippen molar-refractivity contribution in [2.24, 2.45) is 5.73 Å². The summed E-state index contributed by atoms with van der Waals surface area (Å²) in [6.45, 7) is 2.47. The quantitative estimate of drug-likeness (QED) is 0.464. The summed E-state index contributed by atoms with van der Waals surface area (Å²) in [4.78, 5) is 39.8. The van der Waals surface area contributed by atoms with E-state index >= 15 is 0 Å². The lowest BCUT2D eigenvalue weighted by Crippen LogP contribution is -2.69. The molecule has 0 saturated carbocycles. The monoisotopic (exact) mass is 360 g/mol. The van der Waals surface area contributed by atoms with E-state index in [4.69, 9.17) is 5.73 Å². The van der Waals surface area contributed by atoms with Crippen LogP contribution in [0.4, 0.5) is 0 Å². The predicted molar refractivity (Wildman–Crippen MR) is 92.8 cm³/mol. The summed E-state index contributed by atoms with van der Waals surface area (Å²) in [6.07, 6.45) is 5.52. The maximum atomic E-state index is 12.8. The Balaban J connectivity index is 1.59. The van der Waals surface area contributed by atoms with E-state index < -0.39 is 12.0 Å². The maximum absolute atomic E-state index is 12.8. The van der Waals surface area contributed by atoms with Gasteiger partial charge in [-0.25, -0.2) is 4.79 Å². The number of rotatable bonds is 3. The van der Waals surface area contributed by atoms with E-state index in [0.29, 0.717) is 37.0 Å². The number of hydrogen-bond donors (Lipinski definition) is 3. The number of β-lactam (4-membered cyclic amide) rings is 1. The Morgan fingerprint density at radius 1 is 1.27 bits per heavy atom. The van der Waals surface area contributed by atoms with Gasteiger partial charge in [-0.3, -0.25) is 14.5 Å². The number of nitrogens with two attached hydrogens (primary N) is 1. The molecular formula is C18H24N4O4. The van der Waals surface area contributed by atoms with Crippen LogP contribution in [0.2, 0.25) is 0 Å². The molecule has 3 saturated heterocycles. The number of carbonyl (C=O) groups is 3. The van der Waals surface area contributed by atoms with Crippen LogP contribution in [0.5, 0.6) is 0 Å². The molecule has 4 aliphatic heterocycles. The zero-order chi connectivity index (χ0) is 18.4. The van der Waals surface area contributed by atoms with Crippen LogP contribution < -0.4 is 11.1 Å². The van der Waals surface area contributed by atoms with E-state index in [2.05, 4.69) is 5.32 Å². The van der Waals surface area contributed by atoms with Crippen molar-refractivity contribution in [3.63, 3.8) is 0 Å². The summed E-state index contributed by atoms with van der Waals surface area (Å²) in [5, 5.41) is 12.9. The minimum atomic E-state index is -1.14. The molecule has 4 rings (SSSR count). The van der Waals surface area contributed by atoms with Crippen molar-refractivity contribution in [1.82, 2.24) is 15.1 Å². The number of allylic oxidation sites excluding steroid dienone is 2. The molecule has 8 nitrogen and oxygen atoms in total. The Labute approximate surface area is 151 Å². The number of fused-ring (bicyclic) bond motifs is 1. The second-order valence-corrected chi connectivity index (χ2v) is 7.44. The van der Waals surface area contributed by atoms with Gasteiger partial charge in [0, 0.05) is 24.7 Å². The van der Waals surface area contributed by atoms with E-state index in [1.54, 1.807) is 6.08 Å². The summed E-state index contributed by atoms with van der Waals surface area (Å²) in [7, 11) is 0. The summed E-state index contributed by atoms with van der Waals surface area (Å²) < 4.78 is 0. The van der Waals surface area contributed by atoms with Crippen LogP contribution in [-0.4, -0.2) is 70.4 Å². The van der Waals surface area contributed by atoms with Crippen molar-refractivity contribution in [3.8, 4) is 0 Å². The smallest absolute Gasteiger partial charge is 0.352 e. The molecule has 0 aromatic rings. The molecule has 0 bridgehead atoms. The number of aliphatic carboxylic acids is 1. The van der Waals surface area contributed by atoms with Gasteiger partial charge in [0.25, 0.3) is 0 Å². The van der Waals surface area contributed by atoms with E-state index in [-0.39, 0.29) is 29.6 Å². The maximum Gasteiger partial charge on any atom is 0.352 e. The van der Waals surface area contributed by atoms with E-state index in [1.807, 2.05) is 4.90 Å². The number of piperidine rings is 1. The molecule has 0 aromatic heterocycles. The van der Waals surface area contributed by atoms with Gasteiger partial charge >= 0.3 is 5.97 Å². The lowest BCUT2D eigenvalue weighted by atomic mass is 9.83. The first kappa shape index (κ1) is 17.2. The Kier molecular flexibility index (Phi) is 4.32. The lowest BCUT2D eigenvalue weighted by Gasteiger charge is -2.48. The number of nitrogens with one attached hydrogen (secondary N) is 1. The van der Waals surface area contributed by atoms with Crippen molar-refractivity contribution >= 4 is 17.8 Å². The molecule has 8 heteroatoms. The topological polar surface area (TPSA) is 116 Å². The Morgan fingerprint density at radius 3 is 2.77 bits per heavy atom. The van der Waals surface area contributed by atoms with Gasteiger partial charge in [0.15, 0.2) is 0 Å². The number of hydrogen-bond acceptors (Lipinski definition) is 5. The third-order valence-corrected chi connectivity index (χ3v) is 5.94. The normalized spacial score (nSPS) is 33.6. The molecule has 140 valence electrons. The van der Waals surface area contributed by atoms with Crippen LogP contribution >= 0.6 is 0 Å². The average Bonchev–Trinajstić information content (AvgIpc) is 3.01. The number of likely N-dealkylation sites (tertiary alicyclic amines) is 1. The largest absolute Gasteiger partial charge is 0.477 e. The highest BCUT2D eigenvalue weighted by Crippen LogP contribution is 2.37. The fourth-order valence-corrected chi connectivity index (χ4v) is 4.54. The first-order valence-electron chi connectivity index (χ1n) is 9.26. The first-order chi connectivity index (χ1) is 12.5. The van der Waals surface area contributed by atoms with Crippen LogP contribution in [0.1, 0.15) is 32.1 Å². The molecule has 2 amide bonds. The van der Waals surface area contributed by atoms with Gasteiger partial charge in [-0.2, -0.15) is 0 Å². The van der Waals surface area contributed by atoms with E-state index in [0.717, 1.165) is 25.9 Å². The van der Waals surface area contributed by atoms with Gasteiger partial charge in [0.2, 0.25) is 11.8 Å². The molecule has 26 heavy (non-hydrogen) atoms. The fourth-order valence-electron chi connectivity index (χ4n) is 4.54. The summed E-state index contributed by atoms with van der Waals surface area (Å²) in [5.41, 5.74) is 6.97. The fraction of sp³-hybridized carbons (Fsp3) is 0.611. The van der Waals surface area contributed by atoms with Crippen LogP contribution in [0.3, 0.4) is 0 Å². The number of carboxylic acids is 1. The molecule has 4 heterocycles. The number of amides is 2.